The van der Waals surface area contributed by atoms with Crippen LogP contribution in [0.5, 0.6) is 0 Å². The van der Waals surface area contributed by atoms with Gasteiger partial charge in [-0.3, -0.25) is 4.79 Å². The first-order chi connectivity index (χ1) is 7.29. The first kappa shape index (κ1) is 15.1. The van der Waals surface area contributed by atoms with E-state index >= 15 is 0 Å². The Morgan fingerprint density at radius 1 is 1.44 bits per heavy atom. The number of aliphatic hydroxyl groups is 1. The molecule has 1 unspecified atom stereocenters. The van der Waals surface area contributed by atoms with Crippen LogP contribution in [-0.4, -0.2) is 34.5 Å². The van der Waals surface area contributed by atoms with Gasteiger partial charge in [0.2, 0.25) is 0 Å². The van der Waals surface area contributed by atoms with Gasteiger partial charge in [-0.25, -0.2) is 0 Å². The molecule has 2 N–H and O–H groups in total. The number of hydrogen-bond acceptors (Lipinski definition) is 3. The lowest BCUT2D eigenvalue weighted by Crippen LogP contribution is -2.02. The maximum Gasteiger partial charge on any atom is 0.300 e. The number of hydrogen-bond donors (Lipinski definition) is 2. The Morgan fingerprint density at radius 2 is 1.88 bits per heavy atom. The van der Waals surface area contributed by atoms with E-state index < -0.39 is 5.97 Å². The molecule has 0 bridgehead atoms. The van der Waals surface area contributed by atoms with E-state index in [0.29, 0.717) is 6.10 Å². The van der Waals surface area contributed by atoms with E-state index in [1.165, 1.54) is 5.57 Å². The predicted octanol–water partition coefficient (Wildman–Crippen LogP) is 1.97. The monoisotopic (exact) mass is 230 g/mol. The van der Waals surface area contributed by atoms with Crippen molar-refractivity contribution in [1.82, 2.24) is 0 Å². The van der Waals surface area contributed by atoms with Crippen molar-refractivity contribution >= 4 is 5.97 Å². The van der Waals surface area contributed by atoms with Crippen LogP contribution < -0.4 is 0 Å². The summed E-state index contributed by atoms with van der Waals surface area (Å²) in [7, 11) is 0. The zero-order chi connectivity index (χ0) is 12.8. The summed E-state index contributed by atoms with van der Waals surface area (Å²) in [5, 5.41) is 16.0. The summed E-state index contributed by atoms with van der Waals surface area (Å²) < 4.78 is 5.44. The van der Waals surface area contributed by atoms with Crippen molar-refractivity contribution in [2.24, 2.45) is 0 Å². The summed E-state index contributed by atoms with van der Waals surface area (Å²) in [6.45, 7) is 7.51. The fraction of sp³-hybridized carbons (Fsp3) is 0.750. The number of aliphatic hydroxyl groups excluding tert-OH is 1. The van der Waals surface area contributed by atoms with E-state index in [0.717, 1.165) is 19.8 Å². The highest BCUT2D eigenvalue weighted by Gasteiger charge is 2.46. The standard InChI is InChI=1S/C10H18O2.C2H4O2/c1-8(6-7-11)4-5-9-10(2,3)12-9;1-2(3)4/h6,9,11H,4-5,7H2,1-3H3;1H3,(H,3,4). The maximum atomic E-state index is 9.00. The third-order valence-electron chi connectivity index (χ3n) is 2.40. The lowest BCUT2D eigenvalue weighted by Gasteiger charge is -1.98. The highest BCUT2D eigenvalue weighted by molar-refractivity contribution is 5.62. The minimum Gasteiger partial charge on any atom is -0.481 e. The van der Waals surface area contributed by atoms with Gasteiger partial charge in [0, 0.05) is 6.92 Å². The second-order valence-corrected chi connectivity index (χ2v) is 4.50. The van der Waals surface area contributed by atoms with Crippen LogP contribution in [0.25, 0.3) is 0 Å². The summed E-state index contributed by atoms with van der Waals surface area (Å²) >= 11 is 0. The molecule has 1 heterocycles. The van der Waals surface area contributed by atoms with Gasteiger partial charge >= 0.3 is 0 Å². The van der Waals surface area contributed by atoms with Gasteiger partial charge in [-0.2, -0.15) is 0 Å². The SMILES string of the molecule is CC(=CCO)CCC1OC1(C)C.CC(=O)O. The summed E-state index contributed by atoms with van der Waals surface area (Å²) in [5.74, 6) is -0.833. The van der Waals surface area contributed by atoms with E-state index in [2.05, 4.69) is 13.8 Å². The van der Waals surface area contributed by atoms with E-state index in [4.69, 9.17) is 19.7 Å². The fourth-order valence-electron chi connectivity index (χ4n) is 1.36. The molecule has 4 heteroatoms. The molecular formula is C12H22O4. The van der Waals surface area contributed by atoms with Crippen molar-refractivity contribution in [1.29, 1.82) is 0 Å². The molecule has 0 spiro atoms. The molecule has 0 saturated carbocycles. The van der Waals surface area contributed by atoms with Crippen molar-refractivity contribution in [2.45, 2.75) is 52.2 Å². The second-order valence-electron chi connectivity index (χ2n) is 4.50. The molecule has 1 saturated heterocycles. The van der Waals surface area contributed by atoms with Crippen molar-refractivity contribution in [3.05, 3.63) is 11.6 Å². The number of ether oxygens (including phenoxy) is 1. The van der Waals surface area contributed by atoms with Crippen LogP contribution >= 0.6 is 0 Å². The van der Waals surface area contributed by atoms with Crippen LogP contribution in [0.2, 0.25) is 0 Å². The number of epoxide rings is 1. The Bertz CT molecular complexity index is 252. The molecule has 0 aromatic heterocycles. The molecule has 0 aliphatic carbocycles. The molecule has 0 radical (unpaired) electrons. The normalized spacial score (nSPS) is 22.1. The molecule has 1 atom stereocenters. The first-order valence-electron chi connectivity index (χ1n) is 5.43. The number of carboxylic acid groups (broad SMARTS) is 1. The largest absolute Gasteiger partial charge is 0.481 e. The highest BCUT2D eigenvalue weighted by atomic mass is 16.6. The van der Waals surface area contributed by atoms with Gasteiger partial charge in [0.15, 0.2) is 0 Å². The fourth-order valence-corrected chi connectivity index (χ4v) is 1.36. The van der Waals surface area contributed by atoms with Crippen molar-refractivity contribution in [3.63, 3.8) is 0 Å². The summed E-state index contributed by atoms with van der Waals surface area (Å²) in [6, 6.07) is 0. The molecule has 0 aromatic rings. The third-order valence-corrected chi connectivity index (χ3v) is 2.40. The molecule has 4 nitrogen and oxygen atoms in total. The highest BCUT2D eigenvalue weighted by Crippen LogP contribution is 2.38. The lowest BCUT2D eigenvalue weighted by atomic mass is 10.0. The lowest BCUT2D eigenvalue weighted by molar-refractivity contribution is -0.134. The van der Waals surface area contributed by atoms with Gasteiger partial charge in [0.25, 0.3) is 5.97 Å². The summed E-state index contributed by atoms with van der Waals surface area (Å²) in [6.07, 6.45) is 4.40. The topological polar surface area (TPSA) is 70.1 Å². The summed E-state index contributed by atoms with van der Waals surface area (Å²) in [5.41, 5.74) is 1.36. The number of carboxylic acids is 1. The Balaban J connectivity index is 0.000000487. The van der Waals surface area contributed by atoms with Crippen LogP contribution in [0.1, 0.15) is 40.5 Å². The molecular weight excluding hydrogens is 208 g/mol. The van der Waals surface area contributed by atoms with Crippen molar-refractivity contribution < 1.29 is 19.7 Å². The van der Waals surface area contributed by atoms with Gasteiger partial charge in [-0.05, 0) is 33.6 Å². The molecule has 94 valence electrons. The average molecular weight is 230 g/mol. The molecule has 1 rings (SSSR count). The average Bonchev–Trinajstić information content (AvgIpc) is 2.70. The Labute approximate surface area is 96.9 Å². The summed E-state index contributed by atoms with van der Waals surface area (Å²) in [4.78, 5) is 9.00. The smallest absolute Gasteiger partial charge is 0.300 e. The van der Waals surface area contributed by atoms with Crippen LogP contribution in [-0.2, 0) is 9.53 Å². The molecule has 1 aliphatic heterocycles. The molecule has 0 aromatic carbocycles. The van der Waals surface area contributed by atoms with Gasteiger partial charge in [-0.1, -0.05) is 11.6 Å². The van der Waals surface area contributed by atoms with Gasteiger partial charge in [0.05, 0.1) is 18.3 Å². The van der Waals surface area contributed by atoms with Gasteiger partial charge in [-0.15, -0.1) is 0 Å². The van der Waals surface area contributed by atoms with Gasteiger partial charge in [0.1, 0.15) is 0 Å². The minimum atomic E-state index is -0.833. The third kappa shape index (κ3) is 7.43. The minimum absolute atomic E-state index is 0.111. The Kier molecular flexibility index (Phi) is 6.29. The molecule has 16 heavy (non-hydrogen) atoms. The van der Waals surface area contributed by atoms with Crippen LogP contribution in [0.15, 0.2) is 11.6 Å². The van der Waals surface area contributed by atoms with E-state index in [9.17, 15) is 0 Å². The molecule has 0 amide bonds. The zero-order valence-corrected chi connectivity index (χ0v) is 10.5. The van der Waals surface area contributed by atoms with E-state index in [1.54, 1.807) is 0 Å². The van der Waals surface area contributed by atoms with Crippen LogP contribution in [0.4, 0.5) is 0 Å². The number of carbonyl (C=O) groups is 1. The van der Waals surface area contributed by atoms with E-state index in [-0.39, 0.29) is 12.2 Å². The number of rotatable bonds is 4. The molecule has 1 fully saturated rings. The van der Waals surface area contributed by atoms with Crippen LogP contribution in [0.3, 0.4) is 0 Å². The Hall–Kier alpha value is -0.870. The maximum absolute atomic E-state index is 9.00. The zero-order valence-electron chi connectivity index (χ0n) is 10.5. The quantitative estimate of drug-likeness (QED) is 0.572. The second kappa shape index (κ2) is 6.66. The van der Waals surface area contributed by atoms with E-state index in [1.807, 2.05) is 13.0 Å². The van der Waals surface area contributed by atoms with Crippen LogP contribution in [0, 0.1) is 0 Å². The van der Waals surface area contributed by atoms with Crippen molar-refractivity contribution in [2.75, 3.05) is 6.61 Å². The van der Waals surface area contributed by atoms with Gasteiger partial charge < -0.3 is 14.9 Å². The number of aliphatic carboxylic acids is 1. The predicted molar refractivity (Wildman–Crippen MR) is 62.3 cm³/mol. The van der Waals surface area contributed by atoms with Crippen molar-refractivity contribution in [3.8, 4) is 0 Å². The first-order valence-corrected chi connectivity index (χ1v) is 5.43. The molecule has 1 aliphatic rings. The Morgan fingerprint density at radius 3 is 2.19 bits per heavy atom. The number of allylic oxidation sites excluding steroid dienone is 1.